The van der Waals surface area contributed by atoms with E-state index in [2.05, 4.69) is 103 Å². The predicted octanol–water partition coefficient (Wildman–Crippen LogP) is 8.60. The Labute approximate surface area is 196 Å². The van der Waals surface area contributed by atoms with Gasteiger partial charge < -0.3 is 4.42 Å². The second kappa shape index (κ2) is 6.84. The minimum absolute atomic E-state index is 0.454. The highest BCUT2D eigenvalue weighted by Crippen LogP contribution is 2.57. The number of hydrogen-bond donors (Lipinski definition) is 0. The highest BCUT2D eigenvalue weighted by atomic mass is 35.5. The maximum Gasteiger partial charge on any atom is 0.136 e. The van der Waals surface area contributed by atoms with Crippen LogP contribution in [-0.2, 0) is 5.41 Å². The molecule has 0 saturated heterocycles. The van der Waals surface area contributed by atoms with Crippen LogP contribution in [0.2, 0.25) is 5.02 Å². The zero-order valence-corrected chi connectivity index (χ0v) is 18.5. The number of halogens is 1. The third kappa shape index (κ3) is 2.43. The zero-order chi connectivity index (χ0) is 22.0. The molecule has 1 heterocycles. The van der Waals surface area contributed by atoms with Crippen molar-refractivity contribution in [1.82, 2.24) is 0 Å². The predicted molar refractivity (Wildman–Crippen MR) is 136 cm³/mol. The standard InChI is InChI=1S/C31H19ClO/c32-21-17-18-24-29(19-21)33-28-16-8-15-27(30(24)28)31(20-9-2-1-3-10-20)25-13-6-4-11-22(25)23-12-5-7-14-26(23)31/h1-19H. The second-order valence-corrected chi connectivity index (χ2v) is 9.06. The van der Waals surface area contributed by atoms with Crippen molar-refractivity contribution in [2.24, 2.45) is 0 Å². The van der Waals surface area contributed by atoms with Crippen LogP contribution >= 0.6 is 11.6 Å². The van der Waals surface area contributed by atoms with Gasteiger partial charge in [-0.3, -0.25) is 0 Å². The maximum absolute atomic E-state index is 6.31. The van der Waals surface area contributed by atoms with Gasteiger partial charge in [-0.25, -0.2) is 0 Å². The van der Waals surface area contributed by atoms with Crippen LogP contribution in [0.5, 0.6) is 0 Å². The van der Waals surface area contributed by atoms with E-state index in [0.717, 1.165) is 21.9 Å². The third-order valence-electron chi connectivity index (χ3n) is 7.02. The Morgan fingerprint density at radius 2 is 1.18 bits per heavy atom. The Kier molecular flexibility index (Phi) is 3.88. The molecule has 0 amide bonds. The fourth-order valence-corrected chi connectivity index (χ4v) is 5.95. The Morgan fingerprint density at radius 1 is 0.545 bits per heavy atom. The molecular weight excluding hydrogens is 424 g/mol. The Balaban J connectivity index is 1.73. The van der Waals surface area contributed by atoms with E-state index in [1.807, 2.05) is 12.1 Å². The van der Waals surface area contributed by atoms with Gasteiger partial charge >= 0.3 is 0 Å². The molecule has 0 aliphatic heterocycles. The first-order valence-electron chi connectivity index (χ1n) is 11.1. The van der Waals surface area contributed by atoms with Crippen LogP contribution in [0, 0.1) is 0 Å². The van der Waals surface area contributed by atoms with Crippen LogP contribution in [-0.4, -0.2) is 0 Å². The number of furan rings is 1. The summed E-state index contributed by atoms with van der Waals surface area (Å²) in [6.45, 7) is 0. The highest BCUT2D eigenvalue weighted by molar-refractivity contribution is 6.31. The van der Waals surface area contributed by atoms with Gasteiger partial charge in [0, 0.05) is 21.9 Å². The van der Waals surface area contributed by atoms with Gasteiger partial charge in [-0.05, 0) is 51.6 Å². The van der Waals surface area contributed by atoms with Crippen LogP contribution in [0.15, 0.2) is 120 Å². The van der Waals surface area contributed by atoms with Crippen molar-refractivity contribution in [2.45, 2.75) is 5.41 Å². The van der Waals surface area contributed by atoms with Crippen LogP contribution in [0.3, 0.4) is 0 Å². The van der Waals surface area contributed by atoms with E-state index in [4.69, 9.17) is 16.0 Å². The summed E-state index contributed by atoms with van der Waals surface area (Å²) in [6, 6.07) is 40.8. The number of hydrogen-bond acceptors (Lipinski definition) is 1. The van der Waals surface area contributed by atoms with Crippen molar-refractivity contribution in [2.75, 3.05) is 0 Å². The highest BCUT2D eigenvalue weighted by Gasteiger charge is 2.47. The lowest BCUT2D eigenvalue weighted by atomic mass is 9.66. The monoisotopic (exact) mass is 442 g/mol. The minimum atomic E-state index is -0.454. The van der Waals surface area contributed by atoms with Gasteiger partial charge in [0.2, 0.25) is 0 Å². The Hall–Kier alpha value is -3.81. The van der Waals surface area contributed by atoms with E-state index >= 15 is 0 Å². The lowest BCUT2D eigenvalue weighted by molar-refractivity contribution is 0.667. The summed E-state index contributed by atoms with van der Waals surface area (Å²) in [5.41, 5.74) is 8.87. The van der Waals surface area contributed by atoms with E-state index in [1.54, 1.807) is 0 Å². The average Bonchev–Trinajstić information content (AvgIpc) is 3.38. The molecule has 1 aromatic heterocycles. The van der Waals surface area contributed by atoms with Crippen LogP contribution in [0.1, 0.15) is 22.3 Å². The van der Waals surface area contributed by atoms with E-state index in [1.165, 1.54) is 33.4 Å². The first-order valence-corrected chi connectivity index (χ1v) is 11.5. The molecule has 0 fully saturated rings. The molecular formula is C31H19ClO. The molecule has 156 valence electrons. The van der Waals surface area contributed by atoms with Crippen molar-refractivity contribution in [3.05, 3.63) is 143 Å². The van der Waals surface area contributed by atoms with Gasteiger partial charge in [-0.2, -0.15) is 0 Å². The topological polar surface area (TPSA) is 13.1 Å². The van der Waals surface area contributed by atoms with E-state index in [-0.39, 0.29) is 0 Å². The summed E-state index contributed by atoms with van der Waals surface area (Å²) in [6.07, 6.45) is 0. The first-order chi connectivity index (χ1) is 16.3. The zero-order valence-electron chi connectivity index (χ0n) is 17.8. The van der Waals surface area contributed by atoms with E-state index in [9.17, 15) is 0 Å². The summed E-state index contributed by atoms with van der Waals surface area (Å²) in [7, 11) is 0. The molecule has 5 aromatic carbocycles. The van der Waals surface area contributed by atoms with Crippen LogP contribution in [0.4, 0.5) is 0 Å². The summed E-state index contributed by atoms with van der Waals surface area (Å²) < 4.78 is 6.31. The van der Waals surface area contributed by atoms with Gasteiger partial charge in [0.1, 0.15) is 11.2 Å². The quantitative estimate of drug-likeness (QED) is 0.261. The number of rotatable bonds is 2. The lowest BCUT2D eigenvalue weighted by Gasteiger charge is -2.34. The number of benzene rings is 5. The van der Waals surface area contributed by atoms with E-state index < -0.39 is 5.41 Å². The molecule has 2 heteroatoms. The van der Waals surface area contributed by atoms with Gasteiger partial charge in [0.25, 0.3) is 0 Å². The van der Waals surface area contributed by atoms with Crippen molar-refractivity contribution in [3.63, 3.8) is 0 Å². The molecule has 0 bridgehead atoms. The van der Waals surface area contributed by atoms with E-state index in [0.29, 0.717) is 5.02 Å². The Morgan fingerprint density at radius 3 is 1.91 bits per heavy atom. The molecule has 7 rings (SSSR count). The molecule has 33 heavy (non-hydrogen) atoms. The molecule has 0 N–H and O–H groups in total. The molecule has 0 unspecified atom stereocenters. The second-order valence-electron chi connectivity index (χ2n) is 8.63. The summed E-state index contributed by atoms with van der Waals surface area (Å²) in [5.74, 6) is 0. The first kappa shape index (κ1) is 18.7. The van der Waals surface area contributed by atoms with Gasteiger partial charge in [-0.15, -0.1) is 0 Å². The molecule has 1 aliphatic rings. The third-order valence-corrected chi connectivity index (χ3v) is 7.26. The van der Waals surface area contributed by atoms with Gasteiger partial charge in [-0.1, -0.05) is 103 Å². The van der Waals surface area contributed by atoms with Gasteiger partial charge in [0.15, 0.2) is 0 Å². The summed E-state index contributed by atoms with van der Waals surface area (Å²) in [4.78, 5) is 0. The molecule has 1 nitrogen and oxygen atoms in total. The molecule has 1 aliphatic carbocycles. The fraction of sp³-hybridized carbons (Fsp3) is 0.0323. The molecule has 0 radical (unpaired) electrons. The maximum atomic E-state index is 6.31. The smallest absolute Gasteiger partial charge is 0.136 e. The lowest BCUT2D eigenvalue weighted by Crippen LogP contribution is -2.28. The Bertz CT molecular complexity index is 1630. The summed E-state index contributed by atoms with van der Waals surface area (Å²) >= 11 is 6.31. The van der Waals surface area contributed by atoms with Crippen molar-refractivity contribution in [1.29, 1.82) is 0 Å². The SMILES string of the molecule is Clc1ccc2c(c1)oc1cccc(C3(c4ccccc4)c4ccccc4-c4ccccc43)c12. The number of fused-ring (bicyclic) bond motifs is 6. The summed E-state index contributed by atoms with van der Waals surface area (Å²) in [5, 5.41) is 2.90. The largest absolute Gasteiger partial charge is 0.456 e. The molecule has 0 atom stereocenters. The van der Waals surface area contributed by atoms with Crippen molar-refractivity contribution in [3.8, 4) is 11.1 Å². The fourth-order valence-electron chi connectivity index (χ4n) is 5.79. The van der Waals surface area contributed by atoms with Gasteiger partial charge in [0.05, 0.1) is 5.41 Å². The normalized spacial score (nSPS) is 13.8. The van der Waals surface area contributed by atoms with Crippen molar-refractivity contribution < 1.29 is 4.42 Å². The van der Waals surface area contributed by atoms with Crippen LogP contribution < -0.4 is 0 Å². The average molecular weight is 443 g/mol. The van der Waals surface area contributed by atoms with Crippen molar-refractivity contribution >= 4 is 33.5 Å². The van der Waals surface area contributed by atoms with Crippen LogP contribution in [0.25, 0.3) is 33.1 Å². The molecule has 0 saturated carbocycles. The molecule has 0 spiro atoms. The minimum Gasteiger partial charge on any atom is -0.456 e. The molecule has 6 aromatic rings.